The first-order valence-corrected chi connectivity index (χ1v) is 8.19. The number of amides is 1. The molecule has 0 aromatic heterocycles. The van der Waals surface area contributed by atoms with Gasteiger partial charge in [-0.15, -0.1) is 0 Å². The van der Waals surface area contributed by atoms with E-state index in [2.05, 4.69) is 41.7 Å². The Morgan fingerprint density at radius 2 is 1.61 bits per heavy atom. The molecule has 1 amide bonds. The summed E-state index contributed by atoms with van der Waals surface area (Å²) in [5, 5.41) is 4.19. The number of unbranched alkanes of at least 4 members (excludes halogenated alkanes) is 2. The summed E-state index contributed by atoms with van der Waals surface area (Å²) in [5.41, 5.74) is 6.83. The molecule has 2 aromatic rings. The molecule has 2 rings (SSSR count). The molecule has 3 heteroatoms. The van der Waals surface area contributed by atoms with Crippen molar-refractivity contribution in [2.24, 2.45) is 5.10 Å². The number of hydrogen-bond acceptors (Lipinski definition) is 2. The molecule has 0 atom stereocenters. The Hall–Kier alpha value is -2.42. The van der Waals surface area contributed by atoms with Gasteiger partial charge in [0.25, 0.3) is 0 Å². The molecule has 1 N–H and O–H groups in total. The van der Waals surface area contributed by atoms with Gasteiger partial charge in [-0.3, -0.25) is 4.79 Å². The highest BCUT2D eigenvalue weighted by Gasteiger charge is 2.02. The maximum atomic E-state index is 11.7. The van der Waals surface area contributed by atoms with Crippen molar-refractivity contribution >= 4 is 11.6 Å². The minimum atomic E-state index is -0.0151. The highest BCUT2D eigenvalue weighted by Crippen LogP contribution is 2.19. The topological polar surface area (TPSA) is 41.5 Å². The summed E-state index contributed by atoms with van der Waals surface area (Å²) in [6, 6.07) is 18.5. The third kappa shape index (κ3) is 5.37. The second kappa shape index (κ2) is 8.89. The van der Waals surface area contributed by atoms with Crippen LogP contribution in [0, 0.1) is 0 Å². The van der Waals surface area contributed by atoms with E-state index in [9.17, 15) is 4.79 Å². The van der Waals surface area contributed by atoms with Crippen LogP contribution in [0.1, 0.15) is 45.1 Å². The Morgan fingerprint density at radius 1 is 0.957 bits per heavy atom. The number of benzene rings is 2. The van der Waals surface area contributed by atoms with Crippen LogP contribution >= 0.6 is 0 Å². The second-order valence-electron chi connectivity index (χ2n) is 5.63. The number of nitrogens with zero attached hydrogens (tertiary/aromatic N) is 1. The molecule has 2 aromatic carbocycles. The van der Waals surface area contributed by atoms with Crippen LogP contribution in [0.5, 0.6) is 0 Å². The van der Waals surface area contributed by atoms with E-state index in [1.165, 1.54) is 11.1 Å². The van der Waals surface area contributed by atoms with Gasteiger partial charge >= 0.3 is 0 Å². The largest absolute Gasteiger partial charge is 0.273 e. The van der Waals surface area contributed by atoms with Gasteiger partial charge in [0.15, 0.2) is 0 Å². The Balaban J connectivity index is 1.96. The molecule has 0 unspecified atom stereocenters. The summed E-state index contributed by atoms with van der Waals surface area (Å²) < 4.78 is 0. The van der Waals surface area contributed by atoms with Gasteiger partial charge in [-0.05, 0) is 30.0 Å². The summed E-state index contributed by atoms with van der Waals surface area (Å²) in [6.45, 7) is 4.03. The minimum Gasteiger partial charge on any atom is -0.273 e. The van der Waals surface area contributed by atoms with Gasteiger partial charge in [0.2, 0.25) is 5.91 Å². The van der Waals surface area contributed by atoms with Crippen LogP contribution in [0.2, 0.25) is 0 Å². The molecule has 120 valence electrons. The SMILES string of the molecule is CCCCCC(=O)NN=C(C)c1ccc(-c2ccccc2)cc1. The van der Waals surface area contributed by atoms with Crippen molar-refractivity contribution in [1.82, 2.24) is 5.43 Å². The third-order valence-electron chi connectivity index (χ3n) is 3.77. The molecule has 0 bridgehead atoms. The van der Waals surface area contributed by atoms with Crippen LogP contribution in [0.3, 0.4) is 0 Å². The smallest absolute Gasteiger partial charge is 0.240 e. The van der Waals surface area contributed by atoms with Crippen molar-refractivity contribution in [2.45, 2.75) is 39.5 Å². The van der Waals surface area contributed by atoms with Crippen molar-refractivity contribution in [3.05, 3.63) is 60.2 Å². The van der Waals surface area contributed by atoms with Gasteiger partial charge in [0.05, 0.1) is 5.71 Å². The van der Waals surface area contributed by atoms with Crippen molar-refractivity contribution in [3.8, 4) is 11.1 Å². The maximum absolute atomic E-state index is 11.7. The molecule has 0 aliphatic carbocycles. The van der Waals surface area contributed by atoms with E-state index in [0.29, 0.717) is 6.42 Å². The maximum Gasteiger partial charge on any atom is 0.240 e. The van der Waals surface area contributed by atoms with E-state index in [0.717, 1.165) is 30.5 Å². The summed E-state index contributed by atoms with van der Waals surface area (Å²) in [7, 11) is 0. The standard InChI is InChI=1S/C20H24N2O/c1-3-4-6-11-20(23)22-21-16(2)17-12-14-19(15-13-17)18-9-7-5-8-10-18/h5,7-10,12-15H,3-4,6,11H2,1-2H3,(H,22,23). The van der Waals surface area contributed by atoms with Crippen LogP contribution in [0.25, 0.3) is 11.1 Å². The van der Waals surface area contributed by atoms with Gasteiger partial charge in [-0.2, -0.15) is 5.10 Å². The average molecular weight is 308 g/mol. The molecule has 0 aliphatic rings. The molecule has 0 fully saturated rings. The van der Waals surface area contributed by atoms with Crippen LogP contribution in [0.4, 0.5) is 0 Å². The second-order valence-corrected chi connectivity index (χ2v) is 5.63. The summed E-state index contributed by atoms with van der Waals surface area (Å²) in [5.74, 6) is -0.0151. The highest BCUT2D eigenvalue weighted by molar-refractivity contribution is 5.99. The predicted octanol–water partition coefficient (Wildman–Crippen LogP) is 4.77. The quantitative estimate of drug-likeness (QED) is 0.446. The zero-order valence-corrected chi connectivity index (χ0v) is 13.9. The Labute approximate surface area is 138 Å². The van der Waals surface area contributed by atoms with Crippen LogP contribution < -0.4 is 5.43 Å². The fraction of sp³-hybridized carbons (Fsp3) is 0.300. The van der Waals surface area contributed by atoms with E-state index in [-0.39, 0.29) is 5.91 Å². The summed E-state index contributed by atoms with van der Waals surface area (Å²) in [4.78, 5) is 11.7. The van der Waals surface area contributed by atoms with Crippen molar-refractivity contribution < 1.29 is 4.79 Å². The zero-order chi connectivity index (χ0) is 16.5. The lowest BCUT2D eigenvalue weighted by atomic mass is 10.0. The lowest BCUT2D eigenvalue weighted by Gasteiger charge is -2.05. The zero-order valence-electron chi connectivity index (χ0n) is 13.9. The molecule has 0 heterocycles. The van der Waals surface area contributed by atoms with Gasteiger partial charge in [0, 0.05) is 6.42 Å². The number of hydrogen-bond donors (Lipinski definition) is 1. The Kier molecular flexibility index (Phi) is 6.55. The highest BCUT2D eigenvalue weighted by atomic mass is 16.2. The van der Waals surface area contributed by atoms with E-state index in [1.807, 2.05) is 37.3 Å². The first-order chi connectivity index (χ1) is 11.2. The molecule has 23 heavy (non-hydrogen) atoms. The monoisotopic (exact) mass is 308 g/mol. The number of carbonyl (C=O) groups excluding carboxylic acids is 1. The van der Waals surface area contributed by atoms with Crippen LogP contribution in [0.15, 0.2) is 59.7 Å². The summed E-state index contributed by atoms with van der Waals surface area (Å²) in [6.07, 6.45) is 3.65. The molecule has 0 saturated heterocycles. The number of carbonyl (C=O) groups is 1. The van der Waals surface area contributed by atoms with Gasteiger partial charge < -0.3 is 0 Å². The van der Waals surface area contributed by atoms with E-state index >= 15 is 0 Å². The first kappa shape index (κ1) is 16.9. The number of nitrogens with one attached hydrogen (secondary N) is 1. The van der Waals surface area contributed by atoms with Gasteiger partial charge in [-0.25, -0.2) is 5.43 Å². The van der Waals surface area contributed by atoms with Crippen molar-refractivity contribution in [1.29, 1.82) is 0 Å². The fourth-order valence-corrected chi connectivity index (χ4v) is 2.34. The lowest BCUT2D eigenvalue weighted by molar-refractivity contribution is -0.121. The summed E-state index contributed by atoms with van der Waals surface area (Å²) >= 11 is 0. The average Bonchev–Trinajstić information content (AvgIpc) is 2.61. The minimum absolute atomic E-state index is 0.0151. The van der Waals surface area contributed by atoms with E-state index in [4.69, 9.17) is 0 Å². The molecular weight excluding hydrogens is 284 g/mol. The Morgan fingerprint density at radius 3 is 2.26 bits per heavy atom. The first-order valence-electron chi connectivity index (χ1n) is 8.19. The number of rotatable bonds is 7. The van der Waals surface area contributed by atoms with Crippen molar-refractivity contribution in [2.75, 3.05) is 0 Å². The normalized spacial score (nSPS) is 11.3. The van der Waals surface area contributed by atoms with E-state index in [1.54, 1.807) is 0 Å². The van der Waals surface area contributed by atoms with Gasteiger partial charge in [-0.1, -0.05) is 74.4 Å². The fourth-order valence-electron chi connectivity index (χ4n) is 2.34. The molecule has 0 radical (unpaired) electrons. The Bertz CT molecular complexity index is 645. The molecule has 0 saturated carbocycles. The van der Waals surface area contributed by atoms with Gasteiger partial charge in [0.1, 0.15) is 0 Å². The number of hydrazone groups is 1. The van der Waals surface area contributed by atoms with Crippen LogP contribution in [-0.2, 0) is 4.79 Å². The molecule has 0 aliphatic heterocycles. The molecular formula is C20H24N2O. The third-order valence-corrected chi connectivity index (χ3v) is 3.77. The van der Waals surface area contributed by atoms with Crippen molar-refractivity contribution in [3.63, 3.8) is 0 Å². The molecule has 0 spiro atoms. The van der Waals surface area contributed by atoms with Crippen LogP contribution in [-0.4, -0.2) is 11.6 Å². The predicted molar refractivity (Wildman–Crippen MR) is 96.4 cm³/mol. The van der Waals surface area contributed by atoms with E-state index < -0.39 is 0 Å². The molecule has 3 nitrogen and oxygen atoms in total. The lowest BCUT2D eigenvalue weighted by Crippen LogP contribution is -2.18.